The summed E-state index contributed by atoms with van der Waals surface area (Å²) in [6.45, 7) is 6.97. The summed E-state index contributed by atoms with van der Waals surface area (Å²) < 4.78 is 10.9. The van der Waals surface area contributed by atoms with Gasteiger partial charge in [0.05, 0.1) is 25.9 Å². The number of amides is 2. The number of ether oxygens (including phenoxy) is 2. The van der Waals surface area contributed by atoms with Gasteiger partial charge in [-0.2, -0.15) is 0 Å². The molecule has 3 rings (SSSR count). The predicted molar refractivity (Wildman–Crippen MR) is 116 cm³/mol. The molecule has 2 N–H and O–H groups in total. The minimum atomic E-state index is -0.106. The van der Waals surface area contributed by atoms with E-state index in [1.165, 1.54) is 0 Å². The molecule has 0 bridgehead atoms. The van der Waals surface area contributed by atoms with Gasteiger partial charge < -0.3 is 25.0 Å². The largest absolute Gasteiger partial charge is 0.491 e. The number of nitrogens with zero attached hydrogens (tertiary/aromatic N) is 1. The Balaban J connectivity index is 1.41. The van der Waals surface area contributed by atoms with Crippen LogP contribution in [-0.4, -0.2) is 55.7 Å². The summed E-state index contributed by atoms with van der Waals surface area (Å²) in [4.78, 5) is 26.4. The van der Waals surface area contributed by atoms with E-state index in [1.807, 2.05) is 50.2 Å². The Labute approximate surface area is 177 Å². The maximum Gasteiger partial charge on any atom is 0.254 e. The third-order valence-corrected chi connectivity index (χ3v) is 4.67. The van der Waals surface area contributed by atoms with E-state index in [4.69, 9.17) is 9.47 Å². The van der Waals surface area contributed by atoms with Gasteiger partial charge in [0, 0.05) is 30.9 Å². The van der Waals surface area contributed by atoms with Crippen LogP contribution in [0, 0.1) is 0 Å². The maximum atomic E-state index is 12.4. The van der Waals surface area contributed by atoms with Gasteiger partial charge in [0.2, 0.25) is 5.91 Å². The standard InChI is InChI=1S/C23H29N3O4/c1-17(2)30-21-9-3-18(4-10-21)15-25-22(27)16-24-20-7-5-19(6-8-20)23(28)26-11-13-29-14-12-26/h3-10,17,24H,11-16H2,1-2H3,(H,25,27). The molecule has 2 aromatic rings. The average Bonchev–Trinajstić information content (AvgIpc) is 2.77. The van der Waals surface area contributed by atoms with Crippen LogP contribution in [0.5, 0.6) is 5.75 Å². The maximum absolute atomic E-state index is 12.4. The van der Waals surface area contributed by atoms with Crippen molar-refractivity contribution in [2.24, 2.45) is 0 Å². The van der Waals surface area contributed by atoms with Gasteiger partial charge in [-0.05, 0) is 55.8 Å². The summed E-state index contributed by atoms with van der Waals surface area (Å²) in [5.74, 6) is 0.718. The normalized spacial score (nSPS) is 13.8. The fourth-order valence-electron chi connectivity index (χ4n) is 3.08. The zero-order chi connectivity index (χ0) is 21.3. The summed E-state index contributed by atoms with van der Waals surface area (Å²) in [5.41, 5.74) is 2.43. The first-order chi connectivity index (χ1) is 14.5. The van der Waals surface area contributed by atoms with Gasteiger partial charge in [-0.3, -0.25) is 9.59 Å². The Hall–Kier alpha value is -3.06. The molecule has 0 saturated carbocycles. The van der Waals surface area contributed by atoms with E-state index in [9.17, 15) is 9.59 Å². The molecule has 0 aromatic heterocycles. The molecule has 0 spiro atoms. The van der Waals surface area contributed by atoms with Crippen LogP contribution in [0.4, 0.5) is 5.69 Å². The molecule has 1 aliphatic heterocycles. The van der Waals surface area contributed by atoms with Crippen molar-refractivity contribution >= 4 is 17.5 Å². The van der Waals surface area contributed by atoms with Gasteiger partial charge in [0.15, 0.2) is 0 Å². The topological polar surface area (TPSA) is 79.9 Å². The summed E-state index contributed by atoms with van der Waals surface area (Å²) in [6, 6.07) is 14.9. The van der Waals surface area contributed by atoms with Crippen molar-refractivity contribution in [2.75, 3.05) is 38.2 Å². The first kappa shape index (κ1) is 21.6. The van der Waals surface area contributed by atoms with Crippen LogP contribution in [0.15, 0.2) is 48.5 Å². The Morgan fingerprint density at radius 1 is 1.03 bits per heavy atom. The van der Waals surface area contributed by atoms with Gasteiger partial charge in [-0.25, -0.2) is 0 Å². The van der Waals surface area contributed by atoms with E-state index < -0.39 is 0 Å². The van der Waals surface area contributed by atoms with Gasteiger partial charge in [0.1, 0.15) is 5.75 Å². The molecule has 2 aromatic carbocycles. The van der Waals surface area contributed by atoms with E-state index in [0.717, 1.165) is 17.0 Å². The molecule has 160 valence electrons. The van der Waals surface area contributed by atoms with E-state index in [-0.39, 0.29) is 24.5 Å². The lowest BCUT2D eigenvalue weighted by atomic mass is 10.1. The lowest BCUT2D eigenvalue weighted by molar-refractivity contribution is -0.119. The number of carbonyl (C=O) groups is 2. The molecule has 30 heavy (non-hydrogen) atoms. The van der Waals surface area contributed by atoms with Crippen molar-refractivity contribution in [3.63, 3.8) is 0 Å². The second kappa shape index (κ2) is 10.6. The van der Waals surface area contributed by atoms with Gasteiger partial charge in [0.25, 0.3) is 5.91 Å². The number of morpholine rings is 1. The summed E-state index contributed by atoms with van der Waals surface area (Å²) >= 11 is 0. The van der Waals surface area contributed by atoms with Crippen molar-refractivity contribution in [2.45, 2.75) is 26.5 Å². The van der Waals surface area contributed by atoms with Crippen LogP contribution in [0.1, 0.15) is 29.8 Å². The van der Waals surface area contributed by atoms with Gasteiger partial charge >= 0.3 is 0 Å². The van der Waals surface area contributed by atoms with Crippen molar-refractivity contribution < 1.29 is 19.1 Å². The summed E-state index contributed by atoms with van der Waals surface area (Å²) in [6.07, 6.45) is 0.133. The molecule has 1 saturated heterocycles. The van der Waals surface area contributed by atoms with Crippen LogP contribution >= 0.6 is 0 Å². The summed E-state index contributed by atoms with van der Waals surface area (Å²) in [7, 11) is 0. The molecular weight excluding hydrogens is 382 g/mol. The fourth-order valence-corrected chi connectivity index (χ4v) is 3.08. The van der Waals surface area contributed by atoms with Crippen LogP contribution in [0.25, 0.3) is 0 Å². The number of anilines is 1. The van der Waals surface area contributed by atoms with Crippen LogP contribution in [0.2, 0.25) is 0 Å². The van der Waals surface area contributed by atoms with E-state index in [1.54, 1.807) is 17.0 Å². The molecule has 0 unspecified atom stereocenters. The zero-order valence-corrected chi connectivity index (χ0v) is 17.5. The number of rotatable bonds is 8. The monoisotopic (exact) mass is 411 g/mol. The molecular formula is C23H29N3O4. The molecule has 0 atom stereocenters. The smallest absolute Gasteiger partial charge is 0.254 e. The molecule has 2 amide bonds. The number of hydrogen-bond donors (Lipinski definition) is 2. The highest BCUT2D eigenvalue weighted by molar-refractivity contribution is 5.94. The highest BCUT2D eigenvalue weighted by atomic mass is 16.5. The number of benzene rings is 2. The van der Waals surface area contributed by atoms with E-state index >= 15 is 0 Å². The van der Waals surface area contributed by atoms with E-state index in [0.29, 0.717) is 38.4 Å². The number of carbonyl (C=O) groups excluding carboxylic acids is 2. The Bertz CT molecular complexity index is 829. The lowest BCUT2D eigenvalue weighted by Gasteiger charge is -2.26. The lowest BCUT2D eigenvalue weighted by Crippen LogP contribution is -2.40. The van der Waals surface area contributed by atoms with E-state index in [2.05, 4.69) is 10.6 Å². The molecule has 1 aliphatic rings. The van der Waals surface area contributed by atoms with Crippen LogP contribution in [-0.2, 0) is 16.1 Å². The van der Waals surface area contributed by atoms with Crippen molar-refractivity contribution in [1.29, 1.82) is 0 Å². The fraction of sp³-hybridized carbons (Fsp3) is 0.391. The highest BCUT2D eigenvalue weighted by Gasteiger charge is 2.18. The average molecular weight is 412 g/mol. The number of nitrogens with one attached hydrogen (secondary N) is 2. The molecule has 1 heterocycles. The minimum absolute atomic E-state index is 0.00686. The Morgan fingerprint density at radius 3 is 2.33 bits per heavy atom. The van der Waals surface area contributed by atoms with Crippen molar-refractivity contribution in [3.8, 4) is 5.75 Å². The van der Waals surface area contributed by atoms with Crippen molar-refractivity contribution in [3.05, 3.63) is 59.7 Å². The second-order valence-electron chi connectivity index (χ2n) is 7.42. The zero-order valence-electron chi connectivity index (χ0n) is 17.5. The third kappa shape index (κ3) is 6.49. The minimum Gasteiger partial charge on any atom is -0.491 e. The highest BCUT2D eigenvalue weighted by Crippen LogP contribution is 2.14. The van der Waals surface area contributed by atoms with Crippen molar-refractivity contribution in [1.82, 2.24) is 10.2 Å². The molecule has 0 radical (unpaired) electrons. The first-order valence-electron chi connectivity index (χ1n) is 10.2. The number of hydrogen-bond acceptors (Lipinski definition) is 5. The second-order valence-corrected chi connectivity index (χ2v) is 7.42. The molecule has 0 aliphatic carbocycles. The van der Waals surface area contributed by atoms with Crippen LogP contribution in [0.3, 0.4) is 0 Å². The molecule has 7 heteroatoms. The SMILES string of the molecule is CC(C)Oc1ccc(CNC(=O)CNc2ccc(C(=O)N3CCOCC3)cc2)cc1. The predicted octanol–water partition coefficient (Wildman–Crippen LogP) is 2.67. The third-order valence-electron chi connectivity index (χ3n) is 4.67. The Kier molecular flexibility index (Phi) is 7.68. The summed E-state index contributed by atoms with van der Waals surface area (Å²) in [5, 5.41) is 5.97. The van der Waals surface area contributed by atoms with Crippen LogP contribution < -0.4 is 15.4 Å². The Morgan fingerprint density at radius 2 is 1.70 bits per heavy atom. The van der Waals surface area contributed by atoms with Gasteiger partial charge in [-0.1, -0.05) is 12.1 Å². The first-order valence-corrected chi connectivity index (χ1v) is 10.2. The molecule has 1 fully saturated rings. The van der Waals surface area contributed by atoms with Gasteiger partial charge in [-0.15, -0.1) is 0 Å². The quantitative estimate of drug-likeness (QED) is 0.698. The molecule has 7 nitrogen and oxygen atoms in total.